The molecule has 0 saturated heterocycles. The average molecular weight is 272 g/mol. The lowest BCUT2D eigenvalue weighted by Gasteiger charge is -2.07. The van der Waals surface area contributed by atoms with E-state index in [0.717, 1.165) is 13.1 Å². The van der Waals surface area contributed by atoms with Gasteiger partial charge in [0.15, 0.2) is 0 Å². The molecule has 1 aromatic carbocycles. The van der Waals surface area contributed by atoms with E-state index in [1.54, 1.807) is 0 Å². The highest BCUT2D eigenvalue weighted by molar-refractivity contribution is 5.83. The van der Waals surface area contributed by atoms with Crippen LogP contribution in [0.25, 0.3) is 10.9 Å². The zero-order valence-electron chi connectivity index (χ0n) is 13.0. The topological polar surface area (TPSA) is 17.0 Å². The largest absolute Gasteiger partial charge is 0.347 e. The van der Waals surface area contributed by atoms with E-state index in [4.69, 9.17) is 0 Å². The lowest BCUT2D eigenvalue weighted by atomic mass is 10.1. The molecule has 1 N–H and O–H groups in total. The smallest absolute Gasteiger partial charge is 0.0483 e. The summed E-state index contributed by atoms with van der Waals surface area (Å²) in [6.45, 7) is 4.37. The number of nitrogens with one attached hydrogen (secondary N) is 1. The van der Waals surface area contributed by atoms with Gasteiger partial charge in [-0.1, -0.05) is 51.2 Å². The second kappa shape index (κ2) is 8.11. The van der Waals surface area contributed by atoms with Crippen LogP contribution in [0.1, 0.15) is 51.0 Å². The highest BCUT2D eigenvalue weighted by Gasteiger charge is 2.04. The molecule has 0 unspecified atom stereocenters. The lowest BCUT2D eigenvalue weighted by Crippen LogP contribution is -2.05. The molecule has 2 nitrogen and oxygen atoms in total. The Bertz CT molecular complexity index is 513. The van der Waals surface area contributed by atoms with Crippen LogP contribution in [0.3, 0.4) is 0 Å². The van der Waals surface area contributed by atoms with Crippen LogP contribution in [0.15, 0.2) is 30.5 Å². The van der Waals surface area contributed by atoms with Gasteiger partial charge in [-0.25, -0.2) is 0 Å². The molecule has 2 heteroatoms. The monoisotopic (exact) mass is 272 g/mol. The third-order valence-electron chi connectivity index (χ3n) is 4.02. The van der Waals surface area contributed by atoms with E-state index in [0.29, 0.717) is 0 Å². The summed E-state index contributed by atoms with van der Waals surface area (Å²) >= 11 is 0. The predicted octanol–water partition coefficient (Wildman–Crippen LogP) is 4.72. The van der Waals surface area contributed by atoms with E-state index in [-0.39, 0.29) is 0 Å². The van der Waals surface area contributed by atoms with Gasteiger partial charge >= 0.3 is 0 Å². The predicted molar refractivity (Wildman–Crippen MR) is 88.1 cm³/mol. The van der Waals surface area contributed by atoms with Crippen molar-refractivity contribution in [2.24, 2.45) is 0 Å². The molecule has 0 atom stereocenters. The molecule has 0 amide bonds. The fraction of sp³-hybridized carbons (Fsp3) is 0.556. The molecule has 1 heterocycles. The van der Waals surface area contributed by atoms with E-state index in [1.807, 2.05) is 7.05 Å². The van der Waals surface area contributed by atoms with Gasteiger partial charge in [-0.3, -0.25) is 0 Å². The molecule has 0 spiro atoms. The van der Waals surface area contributed by atoms with Gasteiger partial charge in [-0.05, 0) is 31.2 Å². The molecule has 110 valence electrons. The van der Waals surface area contributed by atoms with Gasteiger partial charge in [-0.15, -0.1) is 0 Å². The number of nitrogens with zero attached hydrogens (tertiary/aromatic N) is 1. The molecule has 1 aromatic heterocycles. The van der Waals surface area contributed by atoms with Crippen molar-refractivity contribution in [1.82, 2.24) is 9.88 Å². The molecule has 2 rings (SSSR count). The van der Waals surface area contributed by atoms with Gasteiger partial charge in [0.05, 0.1) is 0 Å². The van der Waals surface area contributed by atoms with Crippen molar-refractivity contribution in [3.63, 3.8) is 0 Å². The number of rotatable bonds is 9. The van der Waals surface area contributed by atoms with E-state index < -0.39 is 0 Å². The molecule has 0 fully saturated rings. The van der Waals surface area contributed by atoms with Crippen molar-refractivity contribution in [2.45, 2.75) is 58.5 Å². The summed E-state index contributed by atoms with van der Waals surface area (Å²) in [5.41, 5.74) is 2.78. The standard InChI is InChI=1S/C18H28N2/c1-3-4-5-6-7-8-13-20-14-12-17-16(15-19-2)10-9-11-18(17)20/h9-12,14,19H,3-8,13,15H2,1-2H3. The van der Waals surface area contributed by atoms with Crippen molar-refractivity contribution < 1.29 is 0 Å². The summed E-state index contributed by atoms with van der Waals surface area (Å²) in [6.07, 6.45) is 10.4. The fourth-order valence-electron chi connectivity index (χ4n) is 2.89. The third-order valence-corrected chi connectivity index (χ3v) is 4.02. The molecular formula is C18H28N2. The number of aryl methyl sites for hydroxylation is 1. The maximum atomic E-state index is 3.25. The fourth-order valence-corrected chi connectivity index (χ4v) is 2.89. The quantitative estimate of drug-likeness (QED) is 0.653. The van der Waals surface area contributed by atoms with Gasteiger partial charge in [0.25, 0.3) is 0 Å². The number of unbranched alkanes of at least 4 members (excludes halogenated alkanes) is 5. The first-order valence-electron chi connectivity index (χ1n) is 8.08. The van der Waals surface area contributed by atoms with E-state index >= 15 is 0 Å². The molecule has 0 aliphatic heterocycles. The van der Waals surface area contributed by atoms with Crippen molar-refractivity contribution in [3.8, 4) is 0 Å². The molecule has 0 saturated carbocycles. The first-order valence-corrected chi connectivity index (χ1v) is 8.08. The third kappa shape index (κ3) is 3.86. The van der Waals surface area contributed by atoms with Gasteiger partial charge < -0.3 is 9.88 Å². The number of fused-ring (bicyclic) bond motifs is 1. The van der Waals surface area contributed by atoms with Gasteiger partial charge in [-0.2, -0.15) is 0 Å². The van der Waals surface area contributed by atoms with Crippen LogP contribution < -0.4 is 5.32 Å². The Morgan fingerprint density at radius 2 is 1.80 bits per heavy atom. The second-order valence-corrected chi connectivity index (χ2v) is 5.66. The minimum atomic E-state index is 0.943. The van der Waals surface area contributed by atoms with Crippen molar-refractivity contribution in [1.29, 1.82) is 0 Å². The first kappa shape index (κ1) is 15.1. The number of hydrogen-bond acceptors (Lipinski definition) is 1. The van der Waals surface area contributed by atoms with Crippen LogP contribution in [-0.4, -0.2) is 11.6 Å². The summed E-state index contributed by atoms with van der Waals surface area (Å²) in [6, 6.07) is 8.89. The normalized spacial score (nSPS) is 11.3. The number of aromatic nitrogens is 1. The summed E-state index contributed by atoms with van der Waals surface area (Å²) in [7, 11) is 2.01. The van der Waals surface area contributed by atoms with Crippen LogP contribution in [0.4, 0.5) is 0 Å². The van der Waals surface area contributed by atoms with E-state index in [2.05, 4.69) is 47.3 Å². The SMILES string of the molecule is CCCCCCCCn1ccc2c(CNC)cccc21. The Hall–Kier alpha value is -1.28. The average Bonchev–Trinajstić information content (AvgIpc) is 2.87. The van der Waals surface area contributed by atoms with Crippen molar-refractivity contribution in [3.05, 3.63) is 36.0 Å². The Labute approximate surface area is 123 Å². The van der Waals surface area contributed by atoms with Crippen LogP contribution in [-0.2, 0) is 13.1 Å². The van der Waals surface area contributed by atoms with Crippen LogP contribution in [0, 0.1) is 0 Å². The maximum Gasteiger partial charge on any atom is 0.0483 e. The Kier molecular flexibility index (Phi) is 6.13. The number of hydrogen-bond donors (Lipinski definition) is 1. The first-order chi connectivity index (χ1) is 9.86. The minimum absolute atomic E-state index is 0.943. The molecule has 0 radical (unpaired) electrons. The summed E-state index contributed by atoms with van der Waals surface area (Å²) in [5.74, 6) is 0. The molecule has 0 bridgehead atoms. The molecule has 20 heavy (non-hydrogen) atoms. The summed E-state index contributed by atoms with van der Waals surface area (Å²) < 4.78 is 2.41. The van der Waals surface area contributed by atoms with Crippen LogP contribution in [0.5, 0.6) is 0 Å². The lowest BCUT2D eigenvalue weighted by molar-refractivity contribution is 0.565. The molecule has 2 aromatic rings. The van der Waals surface area contributed by atoms with Crippen molar-refractivity contribution in [2.75, 3.05) is 7.05 Å². The zero-order valence-corrected chi connectivity index (χ0v) is 13.0. The maximum absolute atomic E-state index is 3.25. The summed E-state index contributed by atoms with van der Waals surface area (Å²) in [5, 5.41) is 4.64. The summed E-state index contributed by atoms with van der Waals surface area (Å²) in [4.78, 5) is 0. The molecular weight excluding hydrogens is 244 g/mol. The Balaban J connectivity index is 1.92. The van der Waals surface area contributed by atoms with Gasteiger partial charge in [0.2, 0.25) is 0 Å². The van der Waals surface area contributed by atoms with E-state index in [1.165, 1.54) is 55.0 Å². The van der Waals surface area contributed by atoms with Crippen LogP contribution in [0.2, 0.25) is 0 Å². The van der Waals surface area contributed by atoms with Gasteiger partial charge in [0.1, 0.15) is 0 Å². The zero-order chi connectivity index (χ0) is 14.2. The Morgan fingerprint density at radius 1 is 1.00 bits per heavy atom. The van der Waals surface area contributed by atoms with Crippen molar-refractivity contribution >= 4 is 10.9 Å². The second-order valence-electron chi connectivity index (χ2n) is 5.66. The molecule has 0 aliphatic rings. The van der Waals surface area contributed by atoms with Gasteiger partial charge in [0, 0.05) is 30.2 Å². The van der Waals surface area contributed by atoms with E-state index in [9.17, 15) is 0 Å². The minimum Gasteiger partial charge on any atom is -0.347 e. The highest BCUT2D eigenvalue weighted by atomic mass is 14.9. The Morgan fingerprint density at radius 3 is 2.60 bits per heavy atom. The number of benzene rings is 1. The highest BCUT2D eigenvalue weighted by Crippen LogP contribution is 2.21. The molecule has 0 aliphatic carbocycles. The van der Waals surface area contributed by atoms with Crippen LogP contribution >= 0.6 is 0 Å².